The summed E-state index contributed by atoms with van der Waals surface area (Å²) < 4.78 is 0. The van der Waals surface area contributed by atoms with E-state index in [0.29, 0.717) is 18.4 Å². The first-order chi connectivity index (χ1) is 10.3. The molecule has 2 fully saturated rings. The van der Waals surface area contributed by atoms with E-state index in [-0.39, 0.29) is 0 Å². The zero-order valence-corrected chi connectivity index (χ0v) is 13.5. The summed E-state index contributed by atoms with van der Waals surface area (Å²) in [4.78, 5) is 15.6. The van der Waals surface area contributed by atoms with Crippen molar-refractivity contribution in [2.45, 2.75) is 51.0 Å². The van der Waals surface area contributed by atoms with Crippen molar-refractivity contribution >= 4 is 17.2 Å². The molecule has 1 saturated carbocycles. The lowest BCUT2D eigenvalue weighted by Crippen LogP contribution is -2.33. The molecule has 2 heterocycles. The number of hydrogen-bond acceptors (Lipinski definition) is 3. The fraction of sp³-hybridized carbons (Fsp3) is 0.706. The SMILES string of the molecule is O=C(CCNC(c1cccs1)C1CCCC1)N1CCCC1. The smallest absolute Gasteiger partial charge is 0.223 e. The third-order valence-electron chi connectivity index (χ3n) is 4.88. The molecule has 1 aromatic rings. The van der Waals surface area contributed by atoms with Gasteiger partial charge in [0.1, 0.15) is 0 Å². The standard InChI is InChI=1S/C17H26N2OS/c20-16(19-11-3-4-12-19)9-10-18-17(14-6-1-2-7-14)15-8-5-13-21-15/h5,8,13-14,17-18H,1-4,6-7,9-12H2. The molecule has 1 unspecified atom stereocenters. The van der Waals surface area contributed by atoms with Crippen molar-refractivity contribution in [2.75, 3.05) is 19.6 Å². The number of likely N-dealkylation sites (tertiary alicyclic amines) is 1. The molecular formula is C17H26N2OS. The molecule has 1 aliphatic heterocycles. The van der Waals surface area contributed by atoms with Crippen LogP contribution in [-0.4, -0.2) is 30.4 Å². The van der Waals surface area contributed by atoms with Crippen LogP contribution in [0.25, 0.3) is 0 Å². The predicted octanol–water partition coefficient (Wildman–Crippen LogP) is 3.58. The van der Waals surface area contributed by atoms with E-state index in [1.165, 1.54) is 43.4 Å². The van der Waals surface area contributed by atoms with E-state index in [4.69, 9.17) is 0 Å². The van der Waals surface area contributed by atoms with Crippen LogP contribution in [-0.2, 0) is 4.79 Å². The van der Waals surface area contributed by atoms with Crippen molar-refractivity contribution in [1.29, 1.82) is 0 Å². The quantitative estimate of drug-likeness (QED) is 0.871. The average Bonchev–Trinajstić information content (AvgIpc) is 3.27. The maximum atomic E-state index is 12.1. The lowest BCUT2D eigenvalue weighted by Gasteiger charge is -2.24. The Balaban J connectivity index is 1.51. The fourth-order valence-corrected chi connectivity index (χ4v) is 4.61. The highest BCUT2D eigenvalue weighted by molar-refractivity contribution is 7.10. The maximum Gasteiger partial charge on any atom is 0.223 e. The largest absolute Gasteiger partial charge is 0.343 e. The van der Waals surface area contributed by atoms with Crippen LogP contribution in [0.15, 0.2) is 17.5 Å². The Labute approximate surface area is 131 Å². The molecule has 0 spiro atoms. The Bertz CT molecular complexity index is 434. The van der Waals surface area contributed by atoms with Gasteiger partial charge in [-0.05, 0) is 43.0 Å². The molecule has 3 rings (SSSR count). The second kappa shape index (κ2) is 7.41. The van der Waals surface area contributed by atoms with Crippen molar-refractivity contribution in [3.63, 3.8) is 0 Å². The molecule has 1 atom stereocenters. The lowest BCUT2D eigenvalue weighted by molar-refractivity contribution is -0.130. The normalized spacial score (nSPS) is 21.0. The summed E-state index contributed by atoms with van der Waals surface area (Å²) in [6, 6.07) is 4.83. The van der Waals surface area contributed by atoms with Crippen LogP contribution in [0.5, 0.6) is 0 Å². The van der Waals surface area contributed by atoms with Gasteiger partial charge in [0.05, 0.1) is 0 Å². The van der Waals surface area contributed by atoms with E-state index in [2.05, 4.69) is 22.8 Å². The van der Waals surface area contributed by atoms with Crippen LogP contribution in [0.1, 0.15) is 55.9 Å². The number of nitrogens with one attached hydrogen (secondary N) is 1. The first kappa shape index (κ1) is 15.0. The highest BCUT2D eigenvalue weighted by Crippen LogP contribution is 2.37. The number of nitrogens with zero attached hydrogens (tertiary/aromatic N) is 1. The van der Waals surface area contributed by atoms with E-state index in [1.54, 1.807) is 0 Å². The molecule has 1 amide bonds. The van der Waals surface area contributed by atoms with Crippen LogP contribution >= 0.6 is 11.3 Å². The van der Waals surface area contributed by atoms with Gasteiger partial charge in [-0.2, -0.15) is 0 Å². The molecule has 1 aromatic heterocycles. The van der Waals surface area contributed by atoms with E-state index in [0.717, 1.165) is 25.6 Å². The molecule has 1 aliphatic carbocycles. The van der Waals surface area contributed by atoms with Crippen LogP contribution < -0.4 is 5.32 Å². The summed E-state index contributed by atoms with van der Waals surface area (Å²) in [6.07, 6.45) is 8.39. The van der Waals surface area contributed by atoms with Crippen molar-refractivity contribution in [2.24, 2.45) is 5.92 Å². The molecule has 4 heteroatoms. The Morgan fingerprint density at radius 1 is 1.29 bits per heavy atom. The number of rotatable bonds is 6. The van der Waals surface area contributed by atoms with Gasteiger partial charge in [0.25, 0.3) is 0 Å². The summed E-state index contributed by atoms with van der Waals surface area (Å²) in [6.45, 7) is 2.75. The van der Waals surface area contributed by atoms with E-state index in [9.17, 15) is 4.79 Å². The van der Waals surface area contributed by atoms with Gasteiger partial charge in [-0.25, -0.2) is 0 Å². The molecule has 1 N–H and O–H groups in total. The summed E-state index contributed by atoms with van der Waals surface area (Å²) in [5.41, 5.74) is 0. The molecule has 0 radical (unpaired) electrons. The van der Waals surface area contributed by atoms with Gasteiger partial charge in [0.2, 0.25) is 5.91 Å². The topological polar surface area (TPSA) is 32.3 Å². The first-order valence-corrected chi connectivity index (χ1v) is 9.27. The van der Waals surface area contributed by atoms with Crippen molar-refractivity contribution in [3.05, 3.63) is 22.4 Å². The van der Waals surface area contributed by atoms with Crippen LogP contribution in [0.2, 0.25) is 0 Å². The van der Waals surface area contributed by atoms with Crippen LogP contribution in [0, 0.1) is 5.92 Å². The zero-order valence-electron chi connectivity index (χ0n) is 12.7. The molecule has 21 heavy (non-hydrogen) atoms. The van der Waals surface area contributed by atoms with E-state index >= 15 is 0 Å². The molecule has 2 aliphatic rings. The summed E-state index contributed by atoms with van der Waals surface area (Å²) in [7, 11) is 0. The molecule has 0 aromatic carbocycles. The molecular weight excluding hydrogens is 280 g/mol. The Morgan fingerprint density at radius 2 is 2.05 bits per heavy atom. The molecule has 1 saturated heterocycles. The molecule has 116 valence electrons. The number of carbonyl (C=O) groups is 1. The number of thiophene rings is 1. The fourth-order valence-electron chi connectivity index (χ4n) is 3.72. The lowest BCUT2D eigenvalue weighted by atomic mass is 9.96. The highest BCUT2D eigenvalue weighted by Gasteiger charge is 2.27. The summed E-state index contributed by atoms with van der Waals surface area (Å²) in [5, 5.41) is 5.84. The van der Waals surface area contributed by atoms with Gasteiger partial charge in [-0.3, -0.25) is 4.79 Å². The van der Waals surface area contributed by atoms with E-state index < -0.39 is 0 Å². The van der Waals surface area contributed by atoms with Crippen LogP contribution in [0.4, 0.5) is 0 Å². The summed E-state index contributed by atoms with van der Waals surface area (Å²) in [5.74, 6) is 1.09. The number of carbonyl (C=O) groups excluding carboxylic acids is 1. The van der Waals surface area contributed by atoms with Gasteiger partial charge in [-0.1, -0.05) is 18.9 Å². The minimum Gasteiger partial charge on any atom is -0.343 e. The van der Waals surface area contributed by atoms with Gasteiger partial charge < -0.3 is 10.2 Å². The summed E-state index contributed by atoms with van der Waals surface area (Å²) >= 11 is 1.84. The minimum absolute atomic E-state index is 0.330. The van der Waals surface area contributed by atoms with Gasteiger partial charge in [0, 0.05) is 37.0 Å². The highest BCUT2D eigenvalue weighted by atomic mass is 32.1. The third-order valence-corrected chi connectivity index (χ3v) is 5.84. The van der Waals surface area contributed by atoms with E-state index in [1.807, 2.05) is 16.2 Å². The molecule has 3 nitrogen and oxygen atoms in total. The second-order valence-electron chi connectivity index (χ2n) is 6.33. The second-order valence-corrected chi connectivity index (χ2v) is 7.31. The monoisotopic (exact) mass is 306 g/mol. The van der Waals surface area contributed by atoms with Gasteiger partial charge in [-0.15, -0.1) is 11.3 Å². The minimum atomic E-state index is 0.330. The Morgan fingerprint density at radius 3 is 2.71 bits per heavy atom. The Kier molecular flexibility index (Phi) is 5.31. The predicted molar refractivity (Wildman–Crippen MR) is 87.5 cm³/mol. The number of hydrogen-bond donors (Lipinski definition) is 1. The molecule has 0 bridgehead atoms. The maximum absolute atomic E-state index is 12.1. The van der Waals surface area contributed by atoms with Gasteiger partial charge >= 0.3 is 0 Å². The van der Waals surface area contributed by atoms with Crippen molar-refractivity contribution in [1.82, 2.24) is 10.2 Å². The van der Waals surface area contributed by atoms with Crippen molar-refractivity contribution < 1.29 is 4.79 Å². The van der Waals surface area contributed by atoms with Crippen molar-refractivity contribution in [3.8, 4) is 0 Å². The van der Waals surface area contributed by atoms with Gasteiger partial charge in [0.15, 0.2) is 0 Å². The van der Waals surface area contributed by atoms with Crippen LogP contribution in [0.3, 0.4) is 0 Å². The zero-order chi connectivity index (χ0) is 14.5. The average molecular weight is 306 g/mol. The number of amides is 1. The first-order valence-electron chi connectivity index (χ1n) is 8.39. The Hall–Kier alpha value is -0.870. The third kappa shape index (κ3) is 3.86.